The third kappa shape index (κ3) is 3.59. The number of nitrogens with one attached hydrogen (secondary N) is 1. The standard InChI is InChI=1S/C12H8ClF3N4S/c13-8-5-6(12(14,15)16)1-2-9(8)19-11-7(10(17)21)3-4-18-20-11/h1-5H,(H2,17,21)(H,19,20). The molecule has 2 rings (SSSR count). The van der Waals surface area contributed by atoms with Gasteiger partial charge in [-0.05, 0) is 24.3 Å². The summed E-state index contributed by atoms with van der Waals surface area (Å²) in [5.41, 5.74) is 5.34. The summed E-state index contributed by atoms with van der Waals surface area (Å²) in [5, 5.41) is 10.1. The molecule has 4 nitrogen and oxygen atoms in total. The van der Waals surface area contributed by atoms with E-state index >= 15 is 0 Å². The molecule has 0 aliphatic rings. The highest BCUT2D eigenvalue weighted by atomic mass is 35.5. The van der Waals surface area contributed by atoms with Crippen LogP contribution in [-0.4, -0.2) is 15.2 Å². The van der Waals surface area contributed by atoms with Gasteiger partial charge in [-0.2, -0.15) is 18.3 Å². The number of hydrogen-bond acceptors (Lipinski definition) is 4. The highest BCUT2D eigenvalue weighted by molar-refractivity contribution is 7.80. The molecular weight excluding hydrogens is 325 g/mol. The quantitative estimate of drug-likeness (QED) is 0.842. The van der Waals surface area contributed by atoms with E-state index in [1.54, 1.807) is 0 Å². The molecule has 0 radical (unpaired) electrons. The fourth-order valence-electron chi connectivity index (χ4n) is 1.54. The van der Waals surface area contributed by atoms with E-state index in [0.717, 1.165) is 12.1 Å². The molecule has 0 bridgehead atoms. The SMILES string of the molecule is NC(=S)c1ccnnc1Nc1ccc(C(F)(F)F)cc1Cl. The number of alkyl halides is 3. The summed E-state index contributed by atoms with van der Waals surface area (Å²) in [6, 6.07) is 4.46. The van der Waals surface area contributed by atoms with Crippen molar-refractivity contribution in [1.82, 2.24) is 10.2 Å². The molecule has 0 aliphatic carbocycles. The van der Waals surface area contributed by atoms with Crippen LogP contribution in [0.3, 0.4) is 0 Å². The molecule has 21 heavy (non-hydrogen) atoms. The summed E-state index contributed by atoms with van der Waals surface area (Å²) in [6.45, 7) is 0. The Kier molecular flexibility index (Phi) is 4.29. The summed E-state index contributed by atoms with van der Waals surface area (Å²) in [5.74, 6) is 0.214. The molecular formula is C12H8ClF3N4S. The minimum absolute atomic E-state index is 0.0791. The zero-order valence-electron chi connectivity index (χ0n) is 10.3. The molecule has 1 heterocycles. The largest absolute Gasteiger partial charge is 0.416 e. The van der Waals surface area contributed by atoms with E-state index in [2.05, 4.69) is 15.5 Å². The van der Waals surface area contributed by atoms with Crippen LogP contribution in [-0.2, 0) is 6.18 Å². The normalized spacial score (nSPS) is 11.2. The number of nitrogens with zero attached hydrogens (tertiary/aromatic N) is 2. The van der Waals surface area contributed by atoms with Crippen LogP contribution in [0.25, 0.3) is 0 Å². The fourth-order valence-corrected chi connectivity index (χ4v) is 1.94. The number of thiocarbonyl (C=S) groups is 1. The molecule has 9 heteroatoms. The summed E-state index contributed by atoms with van der Waals surface area (Å²) in [7, 11) is 0. The maximum absolute atomic E-state index is 12.6. The summed E-state index contributed by atoms with van der Waals surface area (Å²) < 4.78 is 37.7. The van der Waals surface area contributed by atoms with E-state index in [4.69, 9.17) is 29.6 Å². The molecule has 2 aromatic rings. The number of benzene rings is 1. The molecule has 0 aliphatic heterocycles. The van der Waals surface area contributed by atoms with Crippen LogP contribution in [0.4, 0.5) is 24.7 Å². The van der Waals surface area contributed by atoms with Gasteiger partial charge in [0.05, 0.1) is 28.0 Å². The minimum Gasteiger partial charge on any atom is -0.389 e. The van der Waals surface area contributed by atoms with Crippen molar-refractivity contribution in [2.24, 2.45) is 5.73 Å². The van der Waals surface area contributed by atoms with E-state index in [1.807, 2.05) is 0 Å². The van der Waals surface area contributed by atoms with Gasteiger partial charge in [0, 0.05) is 0 Å². The molecule has 3 N–H and O–H groups in total. The van der Waals surface area contributed by atoms with Crippen molar-refractivity contribution in [1.29, 1.82) is 0 Å². The maximum atomic E-state index is 12.6. The lowest BCUT2D eigenvalue weighted by Gasteiger charge is -2.12. The molecule has 0 saturated heterocycles. The van der Waals surface area contributed by atoms with E-state index in [1.165, 1.54) is 18.3 Å². The Balaban J connectivity index is 2.35. The van der Waals surface area contributed by atoms with Crippen molar-refractivity contribution >= 4 is 40.3 Å². The van der Waals surface area contributed by atoms with Crippen LogP contribution in [0.1, 0.15) is 11.1 Å². The Hall–Kier alpha value is -1.93. The Labute approximate surface area is 128 Å². The van der Waals surface area contributed by atoms with Crippen molar-refractivity contribution < 1.29 is 13.2 Å². The smallest absolute Gasteiger partial charge is 0.389 e. The Morgan fingerprint density at radius 1 is 1.29 bits per heavy atom. The number of anilines is 2. The van der Waals surface area contributed by atoms with Crippen molar-refractivity contribution in [3.8, 4) is 0 Å². The van der Waals surface area contributed by atoms with E-state index in [9.17, 15) is 13.2 Å². The third-order valence-corrected chi connectivity index (χ3v) is 3.07. The average molecular weight is 333 g/mol. The molecule has 110 valence electrons. The van der Waals surface area contributed by atoms with Crippen LogP contribution < -0.4 is 11.1 Å². The first kappa shape index (κ1) is 15.5. The highest BCUT2D eigenvalue weighted by Gasteiger charge is 2.30. The number of nitrogens with two attached hydrogens (primary N) is 1. The van der Waals surface area contributed by atoms with Crippen LogP contribution in [0.2, 0.25) is 5.02 Å². The van der Waals surface area contributed by atoms with Crippen LogP contribution in [0.5, 0.6) is 0 Å². The van der Waals surface area contributed by atoms with Crippen LogP contribution in [0.15, 0.2) is 30.5 Å². The van der Waals surface area contributed by atoms with E-state index in [-0.39, 0.29) is 21.5 Å². The van der Waals surface area contributed by atoms with Crippen molar-refractivity contribution in [2.75, 3.05) is 5.32 Å². The first-order valence-corrected chi connectivity index (χ1v) is 6.33. The van der Waals surface area contributed by atoms with Crippen molar-refractivity contribution in [2.45, 2.75) is 6.18 Å². The predicted octanol–water partition coefficient (Wildman–Crippen LogP) is 3.53. The topological polar surface area (TPSA) is 63.8 Å². The zero-order chi connectivity index (χ0) is 15.6. The molecule has 1 aromatic heterocycles. The van der Waals surface area contributed by atoms with Crippen LogP contribution >= 0.6 is 23.8 Å². The molecule has 0 saturated carbocycles. The van der Waals surface area contributed by atoms with Gasteiger partial charge in [-0.1, -0.05) is 23.8 Å². The molecule has 1 aromatic carbocycles. The minimum atomic E-state index is -4.46. The molecule has 0 fully saturated rings. The molecule has 0 spiro atoms. The maximum Gasteiger partial charge on any atom is 0.416 e. The number of hydrogen-bond donors (Lipinski definition) is 2. The predicted molar refractivity (Wildman–Crippen MR) is 77.7 cm³/mol. The monoisotopic (exact) mass is 332 g/mol. The summed E-state index contributed by atoms with van der Waals surface area (Å²) >= 11 is 10.7. The second kappa shape index (κ2) is 5.82. The van der Waals surface area contributed by atoms with E-state index in [0.29, 0.717) is 5.56 Å². The van der Waals surface area contributed by atoms with Gasteiger partial charge in [0.2, 0.25) is 0 Å². The van der Waals surface area contributed by atoms with Gasteiger partial charge >= 0.3 is 6.18 Å². The van der Waals surface area contributed by atoms with Gasteiger partial charge in [0.1, 0.15) is 4.99 Å². The highest BCUT2D eigenvalue weighted by Crippen LogP contribution is 2.34. The van der Waals surface area contributed by atoms with Gasteiger partial charge in [0.15, 0.2) is 5.82 Å². The van der Waals surface area contributed by atoms with Crippen molar-refractivity contribution in [3.05, 3.63) is 46.6 Å². The second-order valence-electron chi connectivity index (χ2n) is 3.98. The second-order valence-corrected chi connectivity index (χ2v) is 4.82. The summed E-state index contributed by atoms with van der Waals surface area (Å²) in [4.78, 5) is 0.0791. The lowest BCUT2D eigenvalue weighted by Crippen LogP contribution is -2.13. The Morgan fingerprint density at radius 2 is 2.00 bits per heavy atom. The fraction of sp³-hybridized carbons (Fsp3) is 0.0833. The van der Waals surface area contributed by atoms with Crippen molar-refractivity contribution in [3.63, 3.8) is 0 Å². The molecule has 0 amide bonds. The van der Waals surface area contributed by atoms with Gasteiger partial charge in [-0.25, -0.2) is 0 Å². The lowest BCUT2D eigenvalue weighted by atomic mass is 10.2. The van der Waals surface area contributed by atoms with Gasteiger partial charge in [-0.3, -0.25) is 0 Å². The number of rotatable bonds is 3. The third-order valence-electron chi connectivity index (χ3n) is 2.54. The Morgan fingerprint density at radius 3 is 2.57 bits per heavy atom. The van der Waals surface area contributed by atoms with E-state index < -0.39 is 11.7 Å². The Bertz CT molecular complexity index is 690. The van der Waals surface area contributed by atoms with Gasteiger partial charge in [0.25, 0.3) is 0 Å². The average Bonchev–Trinajstić information content (AvgIpc) is 2.40. The van der Waals surface area contributed by atoms with Crippen LogP contribution in [0, 0.1) is 0 Å². The number of halogens is 4. The lowest BCUT2D eigenvalue weighted by molar-refractivity contribution is -0.137. The molecule has 0 unspecified atom stereocenters. The molecule has 0 atom stereocenters. The van der Waals surface area contributed by atoms with Gasteiger partial charge in [-0.15, -0.1) is 5.10 Å². The number of aromatic nitrogens is 2. The first-order valence-electron chi connectivity index (χ1n) is 5.54. The van der Waals surface area contributed by atoms with Gasteiger partial charge < -0.3 is 11.1 Å². The summed E-state index contributed by atoms with van der Waals surface area (Å²) in [6.07, 6.45) is -3.06. The zero-order valence-corrected chi connectivity index (χ0v) is 11.9. The first-order chi connectivity index (χ1) is 9.79.